The number of nitrogen functional groups attached to an aromatic ring is 1. The molecule has 1 aromatic carbocycles. The molecule has 1 heterocycles. The van der Waals surface area contributed by atoms with Crippen molar-refractivity contribution in [1.29, 1.82) is 0 Å². The van der Waals surface area contributed by atoms with Gasteiger partial charge in [0.2, 0.25) is 0 Å². The van der Waals surface area contributed by atoms with Crippen LogP contribution in [0.5, 0.6) is 5.75 Å². The van der Waals surface area contributed by atoms with Crippen molar-refractivity contribution in [1.82, 2.24) is 0 Å². The maximum absolute atomic E-state index is 5.78. The Morgan fingerprint density at radius 3 is 3.08 bits per heavy atom. The Kier molecular flexibility index (Phi) is 2.07. The molecular formula is C9H11BrN2O. The molecule has 0 unspecified atom stereocenters. The van der Waals surface area contributed by atoms with Gasteiger partial charge in [0.25, 0.3) is 0 Å². The van der Waals surface area contributed by atoms with Gasteiger partial charge in [-0.3, -0.25) is 0 Å². The highest BCUT2D eigenvalue weighted by atomic mass is 79.9. The average Bonchev–Trinajstić information content (AvgIpc) is 2.09. The van der Waals surface area contributed by atoms with Gasteiger partial charge in [-0.15, -0.1) is 0 Å². The minimum Gasteiger partial charge on any atom is -0.490 e. The number of nitrogens with zero attached hydrogens (tertiary/aromatic N) is 1. The molecule has 0 atom stereocenters. The fraction of sp³-hybridized carbons (Fsp3) is 0.333. The van der Waals surface area contributed by atoms with E-state index in [-0.39, 0.29) is 0 Å². The molecule has 4 heteroatoms. The van der Waals surface area contributed by atoms with Gasteiger partial charge in [-0.05, 0) is 28.1 Å². The lowest BCUT2D eigenvalue weighted by molar-refractivity contribution is 0.311. The first kappa shape index (κ1) is 8.69. The molecule has 70 valence electrons. The predicted molar refractivity (Wildman–Crippen MR) is 57.3 cm³/mol. The summed E-state index contributed by atoms with van der Waals surface area (Å²) >= 11 is 3.37. The molecule has 1 aliphatic rings. The van der Waals surface area contributed by atoms with E-state index in [0.29, 0.717) is 0 Å². The van der Waals surface area contributed by atoms with E-state index in [1.807, 2.05) is 19.2 Å². The molecule has 1 aromatic rings. The molecule has 13 heavy (non-hydrogen) atoms. The van der Waals surface area contributed by atoms with Crippen molar-refractivity contribution in [2.24, 2.45) is 0 Å². The first-order valence-electron chi connectivity index (χ1n) is 4.11. The summed E-state index contributed by atoms with van der Waals surface area (Å²) < 4.78 is 6.39. The second kappa shape index (κ2) is 3.10. The number of nitrogens with two attached hydrogens (primary N) is 1. The zero-order chi connectivity index (χ0) is 9.42. The fourth-order valence-electron chi connectivity index (χ4n) is 1.39. The van der Waals surface area contributed by atoms with E-state index < -0.39 is 0 Å². The molecular weight excluding hydrogens is 232 g/mol. The van der Waals surface area contributed by atoms with Crippen molar-refractivity contribution in [2.75, 3.05) is 30.8 Å². The molecule has 0 saturated heterocycles. The first-order chi connectivity index (χ1) is 6.18. The summed E-state index contributed by atoms with van der Waals surface area (Å²) in [5.41, 5.74) is 7.59. The molecule has 0 amide bonds. The van der Waals surface area contributed by atoms with Crippen molar-refractivity contribution in [3.05, 3.63) is 16.6 Å². The predicted octanol–water partition coefficient (Wildman–Crippen LogP) is 1.86. The zero-order valence-corrected chi connectivity index (χ0v) is 8.97. The smallest absolute Gasteiger partial charge is 0.143 e. The highest BCUT2D eigenvalue weighted by Crippen LogP contribution is 2.36. The number of hydrogen-bond donors (Lipinski definition) is 1. The third kappa shape index (κ3) is 1.46. The van der Waals surface area contributed by atoms with Gasteiger partial charge in [0, 0.05) is 17.2 Å². The number of hydrogen-bond acceptors (Lipinski definition) is 3. The van der Waals surface area contributed by atoms with E-state index in [1.54, 1.807) is 0 Å². The first-order valence-corrected chi connectivity index (χ1v) is 4.91. The van der Waals surface area contributed by atoms with Crippen LogP contribution in [0.3, 0.4) is 0 Å². The normalized spacial score (nSPS) is 15.1. The number of likely N-dealkylation sites (N-methyl/N-ethyl adjacent to an activating group) is 1. The summed E-state index contributed by atoms with van der Waals surface area (Å²) in [6, 6.07) is 3.85. The van der Waals surface area contributed by atoms with E-state index in [1.165, 1.54) is 0 Å². The lowest BCUT2D eigenvalue weighted by Gasteiger charge is -2.28. The van der Waals surface area contributed by atoms with Crippen LogP contribution in [0.4, 0.5) is 11.4 Å². The average molecular weight is 243 g/mol. The maximum atomic E-state index is 5.78. The second-order valence-electron chi connectivity index (χ2n) is 3.11. The van der Waals surface area contributed by atoms with Crippen LogP contribution >= 0.6 is 15.9 Å². The quantitative estimate of drug-likeness (QED) is 0.707. The molecule has 0 aliphatic carbocycles. The number of ether oxygens (including phenoxy) is 1. The zero-order valence-electron chi connectivity index (χ0n) is 7.38. The fourth-order valence-corrected chi connectivity index (χ4v) is 1.71. The molecule has 0 radical (unpaired) electrons. The van der Waals surface area contributed by atoms with Gasteiger partial charge in [-0.1, -0.05) is 0 Å². The third-order valence-electron chi connectivity index (χ3n) is 2.17. The van der Waals surface area contributed by atoms with Crippen LogP contribution in [0.1, 0.15) is 0 Å². The third-order valence-corrected chi connectivity index (χ3v) is 2.86. The van der Waals surface area contributed by atoms with E-state index in [9.17, 15) is 0 Å². The van der Waals surface area contributed by atoms with Crippen LogP contribution in [0.25, 0.3) is 0 Å². The molecule has 2 rings (SSSR count). The van der Waals surface area contributed by atoms with Gasteiger partial charge in [0.05, 0.1) is 12.2 Å². The maximum Gasteiger partial charge on any atom is 0.143 e. The number of rotatable bonds is 0. The van der Waals surface area contributed by atoms with Crippen molar-refractivity contribution in [2.45, 2.75) is 0 Å². The summed E-state index contributed by atoms with van der Waals surface area (Å²) in [5.74, 6) is 0.898. The Hall–Kier alpha value is -0.900. The highest BCUT2D eigenvalue weighted by Gasteiger charge is 2.16. The topological polar surface area (TPSA) is 38.5 Å². The SMILES string of the molecule is CN1CCOc2cc(Br)c(N)cc21. The van der Waals surface area contributed by atoms with Crippen molar-refractivity contribution in [3.8, 4) is 5.75 Å². The van der Waals surface area contributed by atoms with Crippen LogP contribution in [0, 0.1) is 0 Å². The molecule has 0 bridgehead atoms. The van der Waals surface area contributed by atoms with Crippen LogP contribution in [0.2, 0.25) is 0 Å². The number of halogens is 1. The van der Waals surface area contributed by atoms with Gasteiger partial charge >= 0.3 is 0 Å². The van der Waals surface area contributed by atoms with Gasteiger partial charge in [0.15, 0.2) is 0 Å². The largest absolute Gasteiger partial charge is 0.490 e. The standard InChI is InChI=1S/C9H11BrN2O/c1-12-2-3-13-9-4-6(10)7(11)5-8(9)12/h4-5H,2-3,11H2,1H3. The molecule has 1 aliphatic heterocycles. The number of fused-ring (bicyclic) bond motifs is 1. The second-order valence-corrected chi connectivity index (χ2v) is 3.97. The monoisotopic (exact) mass is 242 g/mol. The number of anilines is 2. The van der Waals surface area contributed by atoms with Gasteiger partial charge in [-0.25, -0.2) is 0 Å². The Morgan fingerprint density at radius 1 is 1.54 bits per heavy atom. The van der Waals surface area contributed by atoms with Crippen LogP contribution in [0.15, 0.2) is 16.6 Å². The molecule has 0 saturated carbocycles. The molecule has 0 fully saturated rings. The van der Waals surface area contributed by atoms with Gasteiger partial charge in [-0.2, -0.15) is 0 Å². The minimum atomic E-state index is 0.736. The molecule has 3 nitrogen and oxygen atoms in total. The van der Waals surface area contributed by atoms with E-state index in [2.05, 4.69) is 20.8 Å². The summed E-state index contributed by atoms with van der Waals surface area (Å²) in [6.07, 6.45) is 0. The summed E-state index contributed by atoms with van der Waals surface area (Å²) in [7, 11) is 2.04. The van der Waals surface area contributed by atoms with Crippen LogP contribution in [-0.4, -0.2) is 20.2 Å². The van der Waals surface area contributed by atoms with Crippen molar-refractivity contribution >= 4 is 27.3 Å². The Balaban J connectivity index is 2.52. The summed E-state index contributed by atoms with van der Waals surface area (Å²) in [4.78, 5) is 2.14. The molecule has 2 N–H and O–H groups in total. The Labute approximate surface area is 85.6 Å². The van der Waals surface area contributed by atoms with Gasteiger partial charge < -0.3 is 15.4 Å². The molecule has 0 spiro atoms. The lowest BCUT2D eigenvalue weighted by atomic mass is 10.2. The highest BCUT2D eigenvalue weighted by molar-refractivity contribution is 9.10. The van der Waals surface area contributed by atoms with E-state index in [0.717, 1.165) is 34.7 Å². The lowest BCUT2D eigenvalue weighted by Crippen LogP contribution is -2.28. The Morgan fingerprint density at radius 2 is 2.31 bits per heavy atom. The van der Waals surface area contributed by atoms with E-state index >= 15 is 0 Å². The summed E-state index contributed by atoms with van der Waals surface area (Å²) in [6.45, 7) is 1.65. The summed E-state index contributed by atoms with van der Waals surface area (Å²) in [5, 5.41) is 0. The minimum absolute atomic E-state index is 0.736. The Bertz CT molecular complexity index is 341. The van der Waals surface area contributed by atoms with Gasteiger partial charge in [0.1, 0.15) is 12.4 Å². The van der Waals surface area contributed by atoms with Crippen molar-refractivity contribution in [3.63, 3.8) is 0 Å². The number of benzene rings is 1. The van der Waals surface area contributed by atoms with E-state index in [4.69, 9.17) is 10.5 Å². The van der Waals surface area contributed by atoms with Crippen LogP contribution < -0.4 is 15.4 Å². The molecule has 0 aromatic heterocycles. The van der Waals surface area contributed by atoms with Crippen molar-refractivity contribution < 1.29 is 4.74 Å². The van der Waals surface area contributed by atoms with Crippen LogP contribution in [-0.2, 0) is 0 Å².